The number of carbonyl (C=O) groups is 1. The summed E-state index contributed by atoms with van der Waals surface area (Å²) in [5.41, 5.74) is 1.44. The van der Waals surface area contributed by atoms with E-state index in [0.29, 0.717) is 6.20 Å². The maximum absolute atomic E-state index is 13.2. The molecule has 0 aliphatic heterocycles. The van der Waals surface area contributed by atoms with E-state index in [4.69, 9.17) is 4.74 Å². The molecule has 1 aromatic heterocycles. The van der Waals surface area contributed by atoms with E-state index in [1.807, 2.05) is 6.92 Å². The number of aryl methyl sites for hydroxylation is 1. The van der Waals surface area contributed by atoms with E-state index in [9.17, 15) is 23.3 Å². The van der Waals surface area contributed by atoms with E-state index >= 15 is 0 Å². The van der Waals surface area contributed by atoms with Crippen LogP contribution in [0.15, 0.2) is 59.8 Å². The molecular weight excluding hydrogens is 384 g/mol. The standard InChI is InChI=1S/C19H16N2O6S/c1-13-6-8-15(9-7-13)28(25,26)20-12-14(10-11-21(23)24)18-16(19(22)27-2)4-3-5-17(18)20/h3-12H,1-2H3/b11-10+. The lowest BCUT2D eigenvalue weighted by atomic mass is 10.1. The molecular formula is C19H16N2O6S. The van der Waals surface area contributed by atoms with Crippen LogP contribution in [0, 0.1) is 17.0 Å². The van der Waals surface area contributed by atoms with Gasteiger partial charge in [-0.25, -0.2) is 17.2 Å². The quantitative estimate of drug-likeness (QED) is 0.370. The Bertz CT molecular complexity index is 1210. The molecule has 0 N–H and O–H groups in total. The van der Waals surface area contributed by atoms with Gasteiger partial charge < -0.3 is 4.74 Å². The lowest BCUT2D eigenvalue weighted by Crippen LogP contribution is -2.12. The highest BCUT2D eigenvalue weighted by Gasteiger charge is 2.24. The van der Waals surface area contributed by atoms with Crippen LogP contribution in [-0.4, -0.2) is 30.4 Å². The molecule has 144 valence electrons. The Morgan fingerprint density at radius 3 is 2.46 bits per heavy atom. The maximum Gasteiger partial charge on any atom is 0.338 e. The smallest absolute Gasteiger partial charge is 0.338 e. The van der Waals surface area contributed by atoms with Gasteiger partial charge >= 0.3 is 5.97 Å². The first kappa shape index (κ1) is 19.3. The van der Waals surface area contributed by atoms with Crippen molar-refractivity contribution in [2.45, 2.75) is 11.8 Å². The predicted molar refractivity (Wildman–Crippen MR) is 103 cm³/mol. The first-order chi connectivity index (χ1) is 13.3. The molecule has 2 aromatic carbocycles. The second-order valence-corrected chi connectivity index (χ2v) is 7.81. The fourth-order valence-electron chi connectivity index (χ4n) is 2.86. The number of hydrogen-bond donors (Lipinski definition) is 0. The maximum atomic E-state index is 13.2. The zero-order valence-corrected chi connectivity index (χ0v) is 15.8. The molecule has 0 saturated heterocycles. The molecule has 0 aliphatic rings. The molecule has 28 heavy (non-hydrogen) atoms. The summed E-state index contributed by atoms with van der Waals surface area (Å²) in [6.45, 7) is 1.84. The van der Waals surface area contributed by atoms with Crippen molar-refractivity contribution >= 4 is 33.0 Å². The number of nitrogens with zero attached hydrogens (tertiary/aromatic N) is 2. The summed E-state index contributed by atoms with van der Waals surface area (Å²) in [5.74, 6) is -0.674. The molecule has 3 rings (SSSR count). The summed E-state index contributed by atoms with van der Waals surface area (Å²) in [4.78, 5) is 22.3. The fraction of sp³-hybridized carbons (Fsp3) is 0.105. The summed E-state index contributed by atoms with van der Waals surface area (Å²) < 4.78 is 32.1. The van der Waals surface area contributed by atoms with Gasteiger partial charge in [-0.15, -0.1) is 0 Å². The van der Waals surface area contributed by atoms with Crippen LogP contribution in [0.1, 0.15) is 21.5 Å². The molecule has 9 heteroatoms. The summed E-state index contributed by atoms with van der Waals surface area (Å²) in [6, 6.07) is 10.8. The van der Waals surface area contributed by atoms with Crippen molar-refractivity contribution < 1.29 is 22.9 Å². The molecule has 0 saturated carbocycles. The van der Waals surface area contributed by atoms with Crippen LogP contribution < -0.4 is 0 Å². The third-order valence-corrected chi connectivity index (χ3v) is 5.87. The van der Waals surface area contributed by atoms with E-state index < -0.39 is 20.9 Å². The Kier molecular flexibility index (Phi) is 5.02. The summed E-state index contributed by atoms with van der Waals surface area (Å²) in [6.07, 6.45) is 3.09. The number of aromatic nitrogens is 1. The molecule has 0 amide bonds. The number of fused-ring (bicyclic) bond motifs is 1. The Balaban J connectivity index is 2.34. The molecule has 0 aliphatic carbocycles. The van der Waals surface area contributed by atoms with Crippen molar-refractivity contribution in [1.29, 1.82) is 0 Å². The first-order valence-electron chi connectivity index (χ1n) is 8.12. The molecule has 0 bridgehead atoms. The van der Waals surface area contributed by atoms with Gasteiger partial charge in [0.25, 0.3) is 10.0 Å². The largest absolute Gasteiger partial charge is 0.465 e. The Morgan fingerprint density at radius 1 is 1.18 bits per heavy atom. The highest BCUT2D eigenvalue weighted by Crippen LogP contribution is 2.30. The van der Waals surface area contributed by atoms with Crippen LogP contribution in [0.5, 0.6) is 0 Å². The third kappa shape index (κ3) is 3.39. The Morgan fingerprint density at radius 2 is 1.86 bits per heavy atom. The van der Waals surface area contributed by atoms with Crippen molar-refractivity contribution in [3.8, 4) is 0 Å². The average molecular weight is 400 g/mol. The van der Waals surface area contributed by atoms with Crippen molar-refractivity contribution in [2.24, 2.45) is 0 Å². The highest BCUT2D eigenvalue weighted by atomic mass is 32.2. The fourth-order valence-corrected chi connectivity index (χ4v) is 4.23. The van der Waals surface area contributed by atoms with Crippen molar-refractivity contribution in [1.82, 2.24) is 3.97 Å². The van der Waals surface area contributed by atoms with Gasteiger partial charge in [0.05, 0.1) is 28.0 Å². The summed E-state index contributed by atoms with van der Waals surface area (Å²) >= 11 is 0. The van der Waals surface area contributed by atoms with Crippen LogP contribution in [-0.2, 0) is 14.8 Å². The van der Waals surface area contributed by atoms with Crippen LogP contribution in [0.25, 0.3) is 17.0 Å². The molecule has 0 spiro atoms. The summed E-state index contributed by atoms with van der Waals surface area (Å²) in [7, 11) is -2.79. The SMILES string of the molecule is COC(=O)c1cccc2c1c(/C=C/[N+](=O)[O-])cn2S(=O)(=O)c1ccc(C)cc1. The average Bonchev–Trinajstić information content (AvgIpc) is 3.05. The third-order valence-electron chi connectivity index (χ3n) is 4.18. The van der Waals surface area contributed by atoms with E-state index in [0.717, 1.165) is 15.6 Å². The lowest BCUT2D eigenvalue weighted by molar-refractivity contribution is -0.400. The second-order valence-electron chi connectivity index (χ2n) is 5.99. The molecule has 8 nitrogen and oxygen atoms in total. The first-order valence-corrected chi connectivity index (χ1v) is 9.56. The van der Waals surface area contributed by atoms with Gasteiger partial charge in [0.15, 0.2) is 0 Å². The van der Waals surface area contributed by atoms with Crippen molar-refractivity contribution in [2.75, 3.05) is 7.11 Å². The number of esters is 1. The number of hydrogen-bond acceptors (Lipinski definition) is 6. The van der Waals surface area contributed by atoms with Crippen LogP contribution >= 0.6 is 0 Å². The summed E-state index contributed by atoms with van der Waals surface area (Å²) in [5, 5.41) is 11.0. The number of benzene rings is 2. The minimum Gasteiger partial charge on any atom is -0.465 e. The zero-order chi connectivity index (χ0) is 20.5. The lowest BCUT2D eigenvalue weighted by Gasteiger charge is -2.08. The molecule has 0 fully saturated rings. The normalized spacial score (nSPS) is 11.8. The molecule has 0 atom stereocenters. The minimum absolute atomic E-state index is 0.0586. The van der Waals surface area contributed by atoms with Gasteiger partial charge in [0.1, 0.15) is 0 Å². The number of carbonyl (C=O) groups excluding carboxylic acids is 1. The molecule has 0 unspecified atom stereocenters. The second kappa shape index (κ2) is 7.28. The minimum atomic E-state index is -3.99. The molecule has 3 aromatic rings. The van der Waals surface area contributed by atoms with Gasteiger partial charge in [0, 0.05) is 23.2 Å². The Labute approximate surface area is 160 Å². The molecule has 1 heterocycles. The van der Waals surface area contributed by atoms with Crippen molar-refractivity contribution in [3.05, 3.63) is 81.7 Å². The van der Waals surface area contributed by atoms with E-state index in [-0.39, 0.29) is 26.9 Å². The number of ether oxygens (including phenoxy) is 1. The topological polar surface area (TPSA) is 109 Å². The Hall–Kier alpha value is -3.46. The van der Waals surface area contributed by atoms with Gasteiger partial charge in [-0.1, -0.05) is 23.8 Å². The van der Waals surface area contributed by atoms with Crippen LogP contribution in [0.2, 0.25) is 0 Å². The number of rotatable bonds is 5. The van der Waals surface area contributed by atoms with E-state index in [1.54, 1.807) is 12.1 Å². The predicted octanol–water partition coefficient (Wildman–Crippen LogP) is 3.22. The van der Waals surface area contributed by atoms with E-state index in [1.165, 1.54) is 43.6 Å². The van der Waals surface area contributed by atoms with E-state index in [2.05, 4.69) is 0 Å². The van der Waals surface area contributed by atoms with Gasteiger partial charge in [-0.3, -0.25) is 10.1 Å². The van der Waals surface area contributed by atoms with Crippen LogP contribution in [0.4, 0.5) is 0 Å². The van der Waals surface area contributed by atoms with Gasteiger partial charge in [0.2, 0.25) is 6.20 Å². The number of methoxy groups -OCH3 is 1. The van der Waals surface area contributed by atoms with Crippen molar-refractivity contribution in [3.63, 3.8) is 0 Å². The highest BCUT2D eigenvalue weighted by molar-refractivity contribution is 7.90. The number of nitro groups is 1. The monoisotopic (exact) mass is 400 g/mol. The van der Waals surface area contributed by atoms with Crippen LogP contribution in [0.3, 0.4) is 0 Å². The zero-order valence-electron chi connectivity index (χ0n) is 15.0. The van der Waals surface area contributed by atoms with Gasteiger partial charge in [-0.2, -0.15) is 0 Å². The molecule has 0 radical (unpaired) electrons. The van der Waals surface area contributed by atoms with Gasteiger partial charge in [-0.05, 0) is 31.2 Å².